The minimum absolute atomic E-state index is 0.287. The van der Waals surface area contributed by atoms with Crippen molar-refractivity contribution < 1.29 is 4.79 Å². The first-order valence-electron chi connectivity index (χ1n) is 3.15. The molecule has 0 unspecified atom stereocenters. The van der Waals surface area contributed by atoms with Crippen LogP contribution in [0.4, 0.5) is 0 Å². The molecule has 0 fully saturated rings. The lowest BCUT2D eigenvalue weighted by atomic mass is 10.2. The third-order valence-electron chi connectivity index (χ3n) is 1.28. The van der Waals surface area contributed by atoms with Crippen LogP contribution in [-0.4, -0.2) is 5.24 Å². The zero-order valence-corrected chi connectivity index (χ0v) is 7.40. The summed E-state index contributed by atoms with van der Waals surface area (Å²) in [6.07, 6.45) is 0.287. The minimum Gasteiger partial charge on any atom is -0.281 e. The number of hydrogen-bond donors (Lipinski definition) is 1. The number of carbonyl (C=O) groups is 1. The molecule has 0 spiro atoms. The highest BCUT2D eigenvalue weighted by Gasteiger charge is 1.97. The standard InChI is InChI=1S/C8H7ClOS/c9-8(10)5-6-1-3-7(11)4-2-6/h1-4,11H,5H2. The second-order valence-corrected chi connectivity index (χ2v) is 3.14. The van der Waals surface area contributed by atoms with Gasteiger partial charge in [0.2, 0.25) is 5.24 Å². The normalized spacial score (nSPS) is 9.64. The van der Waals surface area contributed by atoms with Crippen molar-refractivity contribution in [1.82, 2.24) is 0 Å². The predicted octanol–water partition coefficient (Wildman–Crippen LogP) is 2.28. The van der Waals surface area contributed by atoms with Crippen LogP contribution in [0, 0.1) is 0 Å². The molecule has 0 saturated heterocycles. The third kappa shape index (κ3) is 2.95. The van der Waals surface area contributed by atoms with Crippen LogP contribution in [0.15, 0.2) is 29.2 Å². The van der Waals surface area contributed by atoms with Crippen LogP contribution in [0.2, 0.25) is 0 Å². The van der Waals surface area contributed by atoms with Crippen molar-refractivity contribution in [2.24, 2.45) is 0 Å². The number of hydrogen-bond acceptors (Lipinski definition) is 2. The Kier molecular flexibility index (Phi) is 2.97. The van der Waals surface area contributed by atoms with Crippen LogP contribution in [0.5, 0.6) is 0 Å². The lowest BCUT2D eigenvalue weighted by molar-refractivity contribution is -0.111. The Hall–Kier alpha value is -0.470. The summed E-state index contributed by atoms with van der Waals surface area (Å²) in [7, 11) is 0. The molecule has 1 nitrogen and oxygen atoms in total. The topological polar surface area (TPSA) is 17.1 Å². The third-order valence-corrected chi connectivity index (χ3v) is 1.71. The molecule has 0 atom stereocenters. The Morgan fingerprint density at radius 1 is 1.36 bits per heavy atom. The van der Waals surface area contributed by atoms with Crippen LogP contribution in [-0.2, 0) is 11.2 Å². The summed E-state index contributed by atoms with van der Waals surface area (Å²) in [6.45, 7) is 0. The molecule has 11 heavy (non-hydrogen) atoms. The molecule has 0 radical (unpaired) electrons. The number of benzene rings is 1. The fourth-order valence-electron chi connectivity index (χ4n) is 0.774. The van der Waals surface area contributed by atoms with Crippen molar-refractivity contribution in [3.8, 4) is 0 Å². The molecule has 0 saturated carbocycles. The molecule has 0 bridgehead atoms. The molecule has 0 heterocycles. The predicted molar refractivity (Wildman–Crippen MR) is 48.3 cm³/mol. The van der Waals surface area contributed by atoms with Crippen molar-refractivity contribution in [2.45, 2.75) is 11.3 Å². The van der Waals surface area contributed by atoms with Gasteiger partial charge in [-0.25, -0.2) is 0 Å². The van der Waals surface area contributed by atoms with Crippen LogP contribution in [0.3, 0.4) is 0 Å². The maximum atomic E-state index is 10.4. The molecule has 0 aliphatic rings. The van der Waals surface area contributed by atoms with E-state index >= 15 is 0 Å². The summed E-state index contributed by atoms with van der Waals surface area (Å²) < 4.78 is 0. The summed E-state index contributed by atoms with van der Waals surface area (Å²) in [6, 6.07) is 7.34. The largest absolute Gasteiger partial charge is 0.281 e. The Balaban J connectivity index is 2.74. The molecule has 0 aliphatic heterocycles. The average Bonchev–Trinajstić information content (AvgIpc) is 1.93. The second-order valence-electron chi connectivity index (χ2n) is 2.20. The number of rotatable bonds is 2. The first kappa shape index (κ1) is 8.62. The van der Waals surface area contributed by atoms with Gasteiger partial charge in [-0.05, 0) is 29.3 Å². The molecular formula is C8H7ClOS. The van der Waals surface area contributed by atoms with Gasteiger partial charge in [-0.2, -0.15) is 0 Å². The van der Waals surface area contributed by atoms with Crippen molar-refractivity contribution in [3.63, 3.8) is 0 Å². The van der Waals surface area contributed by atoms with Gasteiger partial charge in [-0.1, -0.05) is 12.1 Å². The maximum Gasteiger partial charge on any atom is 0.226 e. The van der Waals surface area contributed by atoms with E-state index in [1.165, 1.54) is 0 Å². The van der Waals surface area contributed by atoms with Crippen molar-refractivity contribution >= 4 is 29.5 Å². The smallest absolute Gasteiger partial charge is 0.226 e. The SMILES string of the molecule is O=C(Cl)Cc1ccc(S)cc1. The summed E-state index contributed by atoms with van der Waals surface area (Å²) in [4.78, 5) is 11.3. The molecule has 0 N–H and O–H groups in total. The monoisotopic (exact) mass is 186 g/mol. The van der Waals surface area contributed by atoms with E-state index in [9.17, 15) is 4.79 Å². The van der Waals surface area contributed by atoms with E-state index in [2.05, 4.69) is 12.6 Å². The maximum absolute atomic E-state index is 10.4. The fraction of sp³-hybridized carbons (Fsp3) is 0.125. The summed E-state index contributed by atoms with van der Waals surface area (Å²) in [5.74, 6) is 0. The van der Waals surface area contributed by atoms with Gasteiger partial charge in [0.1, 0.15) is 0 Å². The molecule has 1 aromatic carbocycles. The Morgan fingerprint density at radius 3 is 2.36 bits per heavy atom. The molecule has 58 valence electrons. The summed E-state index contributed by atoms with van der Waals surface area (Å²) in [5.41, 5.74) is 0.919. The zero-order chi connectivity index (χ0) is 8.27. The first-order chi connectivity index (χ1) is 5.18. The van der Waals surface area contributed by atoms with Gasteiger partial charge in [0.15, 0.2) is 0 Å². The van der Waals surface area contributed by atoms with Gasteiger partial charge in [-0.15, -0.1) is 12.6 Å². The summed E-state index contributed by atoms with van der Waals surface area (Å²) >= 11 is 9.30. The minimum atomic E-state index is -0.336. The van der Waals surface area contributed by atoms with Gasteiger partial charge >= 0.3 is 0 Å². The van der Waals surface area contributed by atoms with Gasteiger partial charge in [0, 0.05) is 11.3 Å². The molecular weight excluding hydrogens is 180 g/mol. The van der Waals surface area contributed by atoms with Crippen molar-refractivity contribution in [1.29, 1.82) is 0 Å². The molecule has 3 heteroatoms. The van der Waals surface area contributed by atoms with Crippen molar-refractivity contribution in [2.75, 3.05) is 0 Å². The highest BCUT2D eigenvalue weighted by atomic mass is 35.5. The molecule has 1 rings (SSSR count). The van der Waals surface area contributed by atoms with Gasteiger partial charge in [-0.3, -0.25) is 4.79 Å². The number of thiol groups is 1. The second kappa shape index (κ2) is 3.79. The quantitative estimate of drug-likeness (QED) is 0.554. The van der Waals surface area contributed by atoms with E-state index in [1.807, 2.05) is 24.3 Å². The highest BCUT2D eigenvalue weighted by molar-refractivity contribution is 7.80. The molecule has 0 aliphatic carbocycles. The lowest BCUT2D eigenvalue weighted by Crippen LogP contribution is -1.92. The Labute approximate surface area is 75.8 Å². The van der Waals surface area contributed by atoms with Gasteiger partial charge < -0.3 is 0 Å². The number of carbonyl (C=O) groups excluding carboxylic acids is 1. The molecule has 1 aromatic rings. The average molecular weight is 187 g/mol. The lowest BCUT2D eigenvalue weighted by Gasteiger charge is -1.95. The van der Waals surface area contributed by atoms with E-state index in [-0.39, 0.29) is 11.7 Å². The van der Waals surface area contributed by atoms with E-state index in [0.717, 1.165) is 10.5 Å². The highest BCUT2D eigenvalue weighted by Crippen LogP contribution is 2.08. The van der Waals surface area contributed by atoms with Crippen LogP contribution in [0.1, 0.15) is 5.56 Å². The molecule has 0 amide bonds. The molecule has 0 aromatic heterocycles. The Morgan fingerprint density at radius 2 is 1.91 bits per heavy atom. The summed E-state index contributed by atoms with van der Waals surface area (Å²) in [5, 5.41) is -0.336. The number of halogens is 1. The fourth-order valence-corrected chi connectivity index (χ4v) is 1.08. The van der Waals surface area contributed by atoms with E-state index < -0.39 is 0 Å². The van der Waals surface area contributed by atoms with Gasteiger partial charge in [0.05, 0.1) is 0 Å². The van der Waals surface area contributed by atoms with Crippen LogP contribution < -0.4 is 0 Å². The zero-order valence-electron chi connectivity index (χ0n) is 5.75. The van der Waals surface area contributed by atoms with Crippen molar-refractivity contribution in [3.05, 3.63) is 29.8 Å². The first-order valence-corrected chi connectivity index (χ1v) is 3.97. The van der Waals surface area contributed by atoms with Crippen LogP contribution >= 0.6 is 24.2 Å². The van der Waals surface area contributed by atoms with E-state index in [0.29, 0.717) is 0 Å². The van der Waals surface area contributed by atoms with Crippen LogP contribution in [0.25, 0.3) is 0 Å². The van der Waals surface area contributed by atoms with E-state index in [1.54, 1.807) is 0 Å². The van der Waals surface area contributed by atoms with Gasteiger partial charge in [0.25, 0.3) is 0 Å². The van der Waals surface area contributed by atoms with E-state index in [4.69, 9.17) is 11.6 Å². The Bertz CT molecular complexity index is 255.